The quantitative estimate of drug-likeness (QED) is 0.555. The van der Waals surface area contributed by atoms with Gasteiger partial charge in [-0.15, -0.1) is 0 Å². The molecule has 6 nitrogen and oxygen atoms in total. The van der Waals surface area contributed by atoms with E-state index in [-0.39, 0.29) is 16.9 Å². The van der Waals surface area contributed by atoms with Crippen molar-refractivity contribution in [3.8, 4) is 11.5 Å². The third-order valence-corrected chi connectivity index (χ3v) is 4.72. The van der Waals surface area contributed by atoms with Crippen LogP contribution >= 0.6 is 0 Å². The first kappa shape index (κ1) is 20.9. The number of aliphatic carboxylic acids is 1. The van der Waals surface area contributed by atoms with Gasteiger partial charge in [-0.2, -0.15) is 0 Å². The van der Waals surface area contributed by atoms with Gasteiger partial charge in [-0.25, -0.2) is 9.18 Å². The van der Waals surface area contributed by atoms with Crippen LogP contribution in [0.2, 0.25) is 0 Å². The topological polar surface area (TPSA) is 95.9 Å². The number of halogens is 1. The van der Waals surface area contributed by atoms with Crippen molar-refractivity contribution < 1.29 is 28.9 Å². The van der Waals surface area contributed by atoms with Crippen LogP contribution in [0, 0.1) is 5.82 Å². The first-order valence-electron chi connectivity index (χ1n) is 9.11. The van der Waals surface area contributed by atoms with Crippen LogP contribution in [0.15, 0.2) is 72.8 Å². The number of hydrogen-bond acceptors (Lipinski definition) is 4. The van der Waals surface area contributed by atoms with E-state index < -0.39 is 29.7 Å². The molecule has 0 aliphatic carbocycles. The summed E-state index contributed by atoms with van der Waals surface area (Å²) in [6, 6.07) is 16.4. The van der Waals surface area contributed by atoms with Crippen LogP contribution < -0.4 is 10.1 Å². The molecule has 2 atom stereocenters. The molecule has 0 fully saturated rings. The second-order valence-corrected chi connectivity index (χ2v) is 6.61. The summed E-state index contributed by atoms with van der Waals surface area (Å²) in [4.78, 5) is 24.9. The molecule has 1 amide bonds. The summed E-state index contributed by atoms with van der Waals surface area (Å²) in [6.07, 6.45) is 0. The Morgan fingerprint density at radius 1 is 1.00 bits per heavy atom. The zero-order valence-corrected chi connectivity index (χ0v) is 16.1. The molecule has 0 spiro atoms. The number of hydrogen-bond donors (Lipinski definition) is 3. The number of carbonyl (C=O) groups excluding carboxylic acids is 1. The molecule has 3 rings (SSSR count). The first-order chi connectivity index (χ1) is 14.4. The Morgan fingerprint density at radius 2 is 1.67 bits per heavy atom. The Bertz CT molecular complexity index is 1040. The van der Waals surface area contributed by atoms with E-state index in [4.69, 9.17) is 4.74 Å². The molecule has 30 heavy (non-hydrogen) atoms. The summed E-state index contributed by atoms with van der Waals surface area (Å²) in [7, 11) is 1.44. The molecule has 0 unspecified atom stereocenters. The van der Waals surface area contributed by atoms with Gasteiger partial charge >= 0.3 is 5.97 Å². The van der Waals surface area contributed by atoms with E-state index in [1.54, 1.807) is 30.3 Å². The van der Waals surface area contributed by atoms with E-state index in [0.717, 1.165) is 0 Å². The van der Waals surface area contributed by atoms with Crippen LogP contribution in [0.1, 0.15) is 27.4 Å². The lowest BCUT2D eigenvalue weighted by molar-refractivity contribution is -0.139. The van der Waals surface area contributed by atoms with Crippen molar-refractivity contribution in [2.75, 3.05) is 7.11 Å². The van der Waals surface area contributed by atoms with Gasteiger partial charge < -0.3 is 20.3 Å². The molecule has 0 bridgehead atoms. The minimum absolute atomic E-state index is 0.176. The van der Waals surface area contributed by atoms with Crippen molar-refractivity contribution >= 4 is 11.9 Å². The fourth-order valence-corrected chi connectivity index (χ4v) is 3.23. The van der Waals surface area contributed by atoms with Gasteiger partial charge in [0.15, 0.2) is 0 Å². The third kappa shape index (κ3) is 4.57. The van der Waals surface area contributed by atoms with Gasteiger partial charge in [-0.3, -0.25) is 4.79 Å². The summed E-state index contributed by atoms with van der Waals surface area (Å²) in [5, 5.41) is 22.9. The van der Waals surface area contributed by atoms with E-state index in [0.29, 0.717) is 11.3 Å². The largest absolute Gasteiger partial charge is 0.508 e. The van der Waals surface area contributed by atoms with Gasteiger partial charge in [0.25, 0.3) is 5.91 Å². The Hall–Kier alpha value is -3.87. The highest BCUT2D eigenvalue weighted by Gasteiger charge is 2.34. The molecule has 0 saturated carbocycles. The van der Waals surface area contributed by atoms with Gasteiger partial charge in [0, 0.05) is 17.0 Å². The van der Waals surface area contributed by atoms with Crippen LogP contribution in [0.4, 0.5) is 4.39 Å². The number of benzene rings is 3. The fourth-order valence-electron chi connectivity index (χ4n) is 3.23. The molecule has 3 aromatic rings. The van der Waals surface area contributed by atoms with Crippen molar-refractivity contribution in [2.45, 2.75) is 12.0 Å². The van der Waals surface area contributed by atoms with E-state index >= 15 is 0 Å². The molecule has 0 aliphatic heterocycles. The Balaban J connectivity index is 2.10. The van der Waals surface area contributed by atoms with Gasteiger partial charge in [-0.05, 0) is 48.0 Å². The normalized spacial score (nSPS) is 12.6. The zero-order chi connectivity index (χ0) is 21.7. The maximum atomic E-state index is 13.5. The number of ether oxygens (including phenoxy) is 1. The van der Waals surface area contributed by atoms with E-state index in [9.17, 15) is 24.2 Å². The first-order valence-corrected chi connectivity index (χ1v) is 9.11. The highest BCUT2D eigenvalue weighted by molar-refractivity contribution is 5.97. The highest BCUT2D eigenvalue weighted by atomic mass is 19.1. The SMILES string of the molecule is COc1ccc(O)c([C@@H](c2ccc(F)cc2)[C@@H](NC(=O)c2ccccc2)C(=O)O)c1. The predicted octanol–water partition coefficient (Wildman–Crippen LogP) is 3.56. The molecule has 0 heterocycles. The molecular weight excluding hydrogens is 389 g/mol. The van der Waals surface area contributed by atoms with E-state index in [1.165, 1.54) is 49.6 Å². The molecule has 0 aliphatic rings. The molecule has 0 radical (unpaired) electrons. The van der Waals surface area contributed by atoms with E-state index in [1.807, 2.05) is 0 Å². The minimum Gasteiger partial charge on any atom is -0.508 e. The number of phenols is 1. The minimum atomic E-state index is -1.44. The van der Waals surface area contributed by atoms with Crippen LogP contribution in [-0.4, -0.2) is 35.2 Å². The number of carboxylic acid groups (broad SMARTS) is 1. The molecule has 3 aromatic carbocycles. The fraction of sp³-hybridized carbons (Fsp3) is 0.130. The average Bonchev–Trinajstić information content (AvgIpc) is 2.76. The van der Waals surface area contributed by atoms with Crippen molar-refractivity contribution in [1.82, 2.24) is 5.32 Å². The van der Waals surface area contributed by atoms with Gasteiger partial charge in [0.05, 0.1) is 7.11 Å². The lowest BCUT2D eigenvalue weighted by Crippen LogP contribution is -2.45. The Morgan fingerprint density at radius 3 is 2.27 bits per heavy atom. The number of amides is 1. The zero-order valence-electron chi connectivity index (χ0n) is 16.1. The smallest absolute Gasteiger partial charge is 0.327 e. The maximum Gasteiger partial charge on any atom is 0.327 e. The van der Waals surface area contributed by atoms with Crippen molar-refractivity contribution in [3.05, 3.63) is 95.3 Å². The summed E-state index contributed by atoms with van der Waals surface area (Å²) in [5.41, 5.74) is 0.916. The average molecular weight is 409 g/mol. The molecular formula is C23H20FNO5. The monoisotopic (exact) mass is 409 g/mol. The third-order valence-electron chi connectivity index (χ3n) is 4.72. The molecule has 0 saturated heterocycles. The maximum absolute atomic E-state index is 13.5. The Labute approximate surface area is 172 Å². The number of methoxy groups -OCH3 is 1. The summed E-state index contributed by atoms with van der Waals surface area (Å²) >= 11 is 0. The van der Waals surface area contributed by atoms with Gasteiger partial charge in [0.1, 0.15) is 23.4 Å². The summed E-state index contributed by atoms with van der Waals surface area (Å²) in [6.45, 7) is 0. The van der Waals surface area contributed by atoms with Crippen LogP contribution in [0.5, 0.6) is 11.5 Å². The van der Waals surface area contributed by atoms with Crippen molar-refractivity contribution in [1.29, 1.82) is 0 Å². The van der Waals surface area contributed by atoms with Crippen LogP contribution in [0.25, 0.3) is 0 Å². The number of carbonyl (C=O) groups is 2. The molecule has 0 aromatic heterocycles. The number of carboxylic acids is 1. The predicted molar refractivity (Wildman–Crippen MR) is 108 cm³/mol. The Kier molecular flexibility index (Phi) is 6.32. The highest BCUT2D eigenvalue weighted by Crippen LogP contribution is 2.36. The van der Waals surface area contributed by atoms with Crippen molar-refractivity contribution in [2.24, 2.45) is 0 Å². The lowest BCUT2D eigenvalue weighted by Gasteiger charge is -2.27. The standard InChI is InChI=1S/C23H20FNO5/c1-30-17-11-12-19(26)18(13-17)20(14-7-9-16(24)10-8-14)21(23(28)29)25-22(27)15-5-3-2-4-6-15/h2-13,20-21,26H,1H3,(H,25,27)(H,28,29)/t20-,21-/m1/s1. The molecule has 3 N–H and O–H groups in total. The van der Waals surface area contributed by atoms with Gasteiger partial charge in [0.2, 0.25) is 0 Å². The molecule has 7 heteroatoms. The number of aromatic hydroxyl groups is 1. The van der Waals surface area contributed by atoms with Gasteiger partial charge in [-0.1, -0.05) is 30.3 Å². The molecule has 154 valence electrons. The summed E-state index contributed by atoms with van der Waals surface area (Å²) in [5.74, 6) is -3.18. The van der Waals surface area contributed by atoms with Crippen molar-refractivity contribution in [3.63, 3.8) is 0 Å². The lowest BCUT2D eigenvalue weighted by atomic mass is 9.84. The second kappa shape index (κ2) is 9.09. The number of phenolic OH excluding ortho intramolecular Hbond substituents is 1. The number of rotatable bonds is 7. The summed E-state index contributed by atoms with van der Waals surface area (Å²) < 4.78 is 18.7. The van der Waals surface area contributed by atoms with Crippen LogP contribution in [-0.2, 0) is 4.79 Å². The second-order valence-electron chi connectivity index (χ2n) is 6.61. The number of nitrogens with one attached hydrogen (secondary N) is 1. The van der Waals surface area contributed by atoms with Crippen LogP contribution in [0.3, 0.4) is 0 Å². The van der Waals surface area contributed by atoms with E-state index in [2.05, 4.69) is 5.32 Å².